The van der Waals surface area contributed by atoms with Gasteiger partial charge in [0.1, 0.15) is 4.90 Å². The summed E-state index contributed by atoms with van der Waals surface area (Å²) in [6.45, 7) is 2.95. The number of benzene rings is 1. The lowest BCUT2D eigenvalue weighted by atomic mass is 10.3. The van der Waals surface area contributed by atoms with Crippen molar-refractivity contribution in [3.8, 4) is 0 Å². The van der Waals surface area contributed by atoms with E-state index in [-0.39, 0.29) is 17.1 Å². The predicted octanol–water partition coefficient (Wildman–Crippen LogP) is 0.916. The Morgan fingerprint density at radius 1 is 1.42 bits per heavy atom. The first-order valence-electron chi connectivity index (χ1n) is 5.51. The quantitative estimate of drug-likeness (QED) is 0.770. The molecule has 0 fully saturated rings. The average Bonchev–Trinajstić information content (AvgIpc) is 2.24. The van der Waals surface area contributed by atoms with Gasteiger partial charge in [-0.3, -0.25) is 4.79 Å². The lowest BCUT2D eigenvalue weighted by Crippen LogP contribution is -2.42. The van der Waals surface area contributed by atoms with Crippen molar-refractivity contribution in [3.05, 3.63) is 22.7 Å². The second kappa shape index (κ2) is 5.89. The fourth-order valence-electron chi connectivity index (χ4n) is 1.58. The fraction of sp³-hybridized carbons (Fsp3) is 0.364. The number of amides is 1. The van der Waals surface area contributed by atoms with E-state index >= 15 is 0 Å². The monoisotopic (exact) mass is 349 g/mol. The number of nitrogens with zero attached hydrogens (tertiary/aromatic N) is 1. The van der Waals surface area contributed by atoms with E-state index in [4.69, 9.17) is 11.5 Å². The van der Waals surface area contributed by atoms with Crippen molar-refractivity contribution in [1.82, 2.24) is 4.31 Å². The molecular formula is C11H16BrN3O3S. The molecule has 0 aliphatic carbocycles. The van der Waals surface area contributed by atoms with E-state index in [1.807, 2.05) is 0 Å². The number of nitrogens with two attached hydrogens (primary N) is 2. The van der Waals surface area contributed by atoms with Gasteiger partial charge in [-0.2, -0.15) is 4.31 Å². The summed E-state index contributed by atoms with van der Waals surface area (Å²) in [6, 6.07) is 4.06. The van der Waals surface area contributed by atoms with Gasteiger partial charge in [-0.15, -0.1) is 0 Å². The van der Waals surface area contributed by atoms with Crippen LogP contribution < -0.4 is 11.5 Å². The van der Waals surface area contributed by atoms with Gasteiger partial charge in [0, 0.05) is 10.5 Å². The van der Waals surface area contributed by atoms with Crippen molar-refractivity contribution in [3.63, 3.8) is 0 Å². The highest BCUT2D eigenvalue weighted by molar-refractivity contribution is 9.10. The predicted molar refractivity (Wildman–Crippen MR) is 76.8 cm³/mol. The molecule has 0 atom stereocenters. The molecule has 0 aromatic heterocycles. The zero-order chi connectivity index (χ0) is 14.8. The normalized spacial score (nSPS) is 12.1. The Balaban J connectivity index is 3.30. The van der Waals surface area contributed by atoms with E-state index in [0.29, 0.717) is 4.47 Å². The van der Waals surface area contributed by atoms with E-state index in [9.17, 15) is 13.2 Å². The molecule has 0 aliphatic rings. The van der Waals surface area contributed by atoms with Gasteiger partial charge in [0.05, 0.1) is 12.2 Å². The summed E-state index contributed by atoms with van der Waals surface area (Å²) in [7, 11) is -3.86. The van der Waals surface area contributed by atoms with Crippen molar-refractivity contribution in [2.24, 2.45) is 5.73 Å². The summed E-state index contributed by atoms with van der Waals surface area (Å²) >= 11 is 3.21. The van der Waals surface area contributed by atoms with Crippen LogP contribution in [0.2, 0.25) is 0 Å². The average molecular weight is 350 g/mol. The highest BCUT2D eigenvalue weighted by Gasteiger charge is 2.29. The van der Waals surface area contributed by atoms with Gasteiger partial charge in [0.15, 0.2) is 0 Å². The summed E-state index contributed by atoms with van der Waals surface area (Å²) < 4.78 is 26.6. The number of sulfonamides is 1. The molecule has 0 radical (unpaired) electrons. The van der Waals surface area contributed by atoms with Crippen LogP contribution in [-0.4, -0.2) is 31.2 Å². The SMILES string of the molecule is CC(C)N(CC(N)=O)S(=O)(=O)c1ccc(Br)cc1N. The molecule has 4 N–H and O–H groups in total. The molecule has 1 aromatic rings. The Morgan fingerprint density at radius 3 is 2.42 bits per heavy atom. The fourth-order valence-corrected chi connectivity index (χ4v) is 3.66. The van der Waals surface area contributed by atoms with Gasteiger partial charge in [-0.1, -0.05) is 15.9 Å². The van der Waals surface area contributed by atoms with Crippen molar-refractivity contribution in [1.29, 1.82) is 0 Å². The maximum atomic E-state index is 12.5. The molecule has 19 heavy (non-hydrogen) atoms. The van der Waals surface area contributed by atoms with Crippen LogP contribution in [0.4, 0.5) is 5.69 Å². The smallest absolute Gasteiger partial charge is 0.245 e. The first-order valence-corrected chi connectivity index (χ1v) is 7.74. The highest BCUT2D eigenvalue weighted by Crippen LogP contribution is 2.26. The van der Waals surface area contributed by atoms with Gasteiger partial charge >= 0.3 is 0 Å². The molecule has 0 saturated carbocycles. The van der Waals surface area contributed by atoms with Crippen LogP contribution in [0.5, 0.6) is 0 Å². The Hall–Kier alpha value is -1.12. The molecule has 0 unspecified atom stereocenters. The van der Waals surface area contributed by atoms with Crippen LogP contribution in [0, 0.1) is 0 Å². The first kappa shape index (κ1) is 15.9. The number of rotatable bonds is 5. The third-order valence-electron chi connectivity index (χ3n) is 2.45. The largest absolute Gasteiger partial charge is 0.398 e. The molecule has 1 aromatic carbocycles. The second-order valence-electron chi connectivity index (χ2n) is 4.29. The van der Waals surface area contributed by atoms with E-state index in [1.165, 1.54) is 12.1 Å². The number of hydrogen-bond donors (Lipinski definition) is 2. The number of halogens is 1. The third kappa shape index (κ3) is 3.68. The number of carbonyl (C=O) groups excluding carboxylic acids is 1. The maximum absolute atomic E-state index is 12.5. The Morgan fingerprint density at radius 2 is 2.00 bits per heavy atom. The van der Waals surface area contributed by atoms with E-state index in [0.717, 1.165) is 4.31 Å². The zero-order valence-corrected chi connectivity index (χ0v) is 13.0. The number of nitrogen functional groups attached to an aromatic ring is 1. The third-order valence-corrected chi connectivity index (χ3v) is 5.04. The summed E-state index contributed by atoms with van der Waals surface area (Å²) in [4.78, 5) is 11.0. The van der Waals surface area contributed by atoms with Gasteiger partial charge in [-0.25, -0.2) is 8.42 Å². The first-order chi connectivity index (χ1) is 8.66. The number of carbonyl (C=O) groups is 1. The van der Waals surface area contributed by atoms with Crippen LogP contribution in [0.15, 0.2) is 27.6 Å². The molecule has 0 spiro atoms. The molecule has 0 saturated heterocycles. The van der Waals surface area contributed by atoms with Crippen LogP contribution in [0.1, 0.15) is 13.8 Å². The molecule has 106 valence electrons. The lowest BCUT2D eigenvalue weighted by Gasteiger charge is -2.25. The van der Waals surface area contributed by atoms with Gasteiger partial charge in [0.25, 0.3) is 0 Å². The van der Waals surface area contributed by atoms with Gasteiger partial charge < -0.3 is 11.5 Å². The van der Waals surface area contributed by atoms with E-state index in [2.05, 4.69) is 15.9 Å². The molecule has 0 heterocycles. The van der Waals surface area contributed by atoms with Crippen molar-refractivity contribution < 1.29 is 13.2 Å². The van der Waals surface area contributed by atoms with E-state index < -0.39 is 22.0 Å². The minimum Gasteiger partial charge on any atom is -0.398 e. The zero-order valence-electron chi connectivity index (χ0n) is 10.6. The number of hydrogen-bond acceptors (Lipinski definition) is 4. The molecule has 1 rings (SSSR count). The van der Waals surface area contributed by atoms with Crippen LogP contribution in [0.3, 0.4) is 0 Å². The minimum absolute atomic E-state index is 0.0364. The standard InChI is InChI=1S/C11H16BrN3O3S/c1-7(2)15(6-11(14)16)19(17,18)10-4-3-8(12)5-9(10)13/h3-5,7H,6,13H2,1-2H3,(H2,14,16). The summed E-state index contributed by atoms with van der Waals surface area (Å²) in [6.07, 6.45) is 0. The second-order valence-corrected chi connectivity index (χ2v) is 7.07. The minimum atomic E-state index is -3.86. The molecule has 0 bridgehead atoms. The summed E-state index contributed by atoms with van der Waals surface area (Å²) in [5.74, 6) is -0.715. The van der Waals surface area contributed by atoms with Crippen LogP contribution in [-0.2, 0) is 14.8 Å². The van der Waals surface area contributed by atoms with Crippen LogP contribution in [0.25, 0.3) is 0 Å². The molecule has 6 nitrogen and oxygen atoms in total. The molecular weight excluding hydrogens is 334 g/mol. The van der Waals surface area contributed by atoms with Gasteiger partial charge in [0.2, 0.25) is 15.9 Å². The molecule has 8 heteroatoms. The lowest BCUT2D eigenvalue weighted by molar-refractivity contribution is -0.118. The van der Waals surface area contributed by atoms with Crippen LogP contribution >= 0.6 is 15.9 Å². The Kier molecular flexibility index (Phi) is 4.94. The Bertz CT molecular complexity index is 587. The van der Waals surface area contributed by atoms with Crippen molar-refractivity contribution in [2.45, 2.75) is 24.8 Å². The topological polar surface area (TPSA) is 106 Å². The highest BCUT2D eigenvalue weighted by atomic mass is 79.9. The van der Waals surface area contributed by atoms with Gasteiger partial charge in [-0.05, 0) is 32.0 Å². The van der Waals surface area contributed by atoms with Crippen molar-refractivity contribution in [2.75, 3.05) is 12.3 Å². The summed E-state index contributed by atoms with van der Waals surface area (Å²) in [5, 5.41) is 0. The molecule has 0 aliphatic heterocycles. The molecule has 1 amide bonds. The number of anilines is 1. The van der Waals surface area contributed by atoms with E-state index in [1.54, 1.807) is 19.9 Å². The number of primary amides is 1. The summed E-state index contributed by atoms with van der Waals surface area (Å²) in [5.41, 5.74) is 10.9. The maximum Gasteiger partial charge on any atom is 0.245 e. The van der Waals surface area contributed by atoms with Crippen molar-refractivity contribution >= 4 is 37.5 Å². The Labute approximate surface area is 120 Å².